The molecule has 8 heteroatoms. The first-order valence-electron chi connectivity index (χ1n) is 7.29. The van der Waals surface area contributed by atoms with Gasteiger partial charge in [-0.25, -0.2) is 9.78 Å². The number of rotatable bonds is 2. The quantitative estimate of drug-likeness (QED) is 0.808. The SMILES string of the molecule is O=C(c1ccc2[nH]c(=O)[nH]c2n1)N1CCN(C(=O)C2CC2)C1. The Balaban J connectivity index is 1.53. The number of hydrogen-bond acceptors (Lipinski definition) is 4. The van der Waals surface area contributed by atoms with Crippen LogP contribution in [0.5, 0.6) is 0 Å². The van der Waals surface area contributed by atoms with E-state index in [-0.39, 0.29) is 29.1 Å². The van der Waals surface area contributed by atoms with E-state index in [2.05, 4.69) is 15.0 Å². The topological polar surface area (TPSA) is 102 Å². The Labute approximate surface area is 125 Å². The zero-order chi connectivity index (χ0) is 15.3. The number of carbonyl (C=O) groups is 2. The molecule has 1 aliphatic heterocycles. The summed E-state index contributed by atoms with van der Waals surface area (Å²) in [7, 11) is 0. The van der Waals surface area contributed by atoms with Crippen molar-refractivity contribution in [2.24, 2.45) is 5.92 Å². The molecule has 2 amide bonds. The van der Waals surface area contributed by atoms with Crippen LogP contribution in [0.15, 0.2) is 16.9 Å². The highest BCUT2D eigenvalue weighted by atomic mass is 16.2. The average molecular weight is 301 g/mol. The van der Waals surface area contributed by atoms with Crippen molar-refractivity contribution in [3.05, 3.63) is 28.3 Å². The van der Waals surface area contributed by atoms with Crippen LogP contribution in [0.4, 0.5) is 0 Å². The average Bonchev–Trinajstić information content (AvgIpc) is 3.11. The van der Waals surface area contributed by atoms with Gasteiger partial charge in [0.05, 0.1) is 12.2 Å². The standard InChI is InChI=1S/C14H15N5O3/c20-12(8-1-2-8)18-5-6-19(7-18)13(21)10-4-3-9-11(15-10)17-14(22)16-9/h3-4,8H,1-2,5-7H2,(H2,15,16,17,22). The molecule has 0 unspecified atom stereocenters. The third-order valence-corrected chi connectivity index (χ3v) is 4.10. The van der Waals surface area contributed by atoms with Crippen molar-refractivity contribution in [3.63, 3.8) is 0 Å². The van der Waals surface area contributed by atoms with Gasteiger partial charge >= 0.3 is 5.69 Å². The molecule has 0 atom stereocenters. The number of nitrogens with zero attached hydrogens (tertiary/aromatic N) is 3. The van der Waals surface area contributed by atoms with Crippen LogP contribution in [-0.2, 0) is 4.79 Å². The molecule has 2 N–H and O–H groups in total. The fourth-order valence-corrected chi connectivity index (χ4v) is 2.72. The van der Waals surface area contributed by atoms with Crippen molar-refractivity contribution in [3.8, 4) is 0 Å². The molecule has 0 bridgehead atoms. The van der Waals surface area contributed by atoms with Crippen molar-refractivity contribution in [1.82, 2.24) is 24.8 Å². The second-order valence-corrected chi connectivity index (χ2v) is 5.76. The number of amides is 2. The number of imidazole rings is 1. The van der Waals surface area contributed by atoms with Gasteiger partial charge in [-0.15, -0.1) is 0 Å². The van der Waals surface area contributed by atoms with E-state index in [0.29, 0.717) is 30.9 Å². The predicted molar refractivity (Wildman–Crippen MR) is 77.1 cm³/mol. The predicted octanol–water partition coefficient (Wildman–Crippen LogP) is -0.0969. The Bertz CT molecular complexity index is 819. The fourth-order valence-electron chi connectivity index (χ4n) is 2.72. The zero-order valence-corrected chi connectivity index (χ0v) is 11.8. The van der Waals surface area contributed by atoms with E-state index in [4.69, 9.17) is 0 Å². The molecule has 1 aliphatic carbocycles. The number of fused-ring (bicyclic) bond motifs is 1. The first-order chi connectivity index (χ1) is 10.6. The summed E-state index contributed by atoms with van der Waals surface area (Å²) < 4.78 is 0. The Morgan fingerprint density at radius 3 is 2.68 bits per heavy atom. The molecule has 1 saturated carbocycles. The van der Waals surface area contributed by atoms with E-state index in [1.54, 1.807) is 21.9 Å². The zero-order valence-electron chi connectivity index (χ0n) is 11.8. The number of hydrogen-bond donors (Lipinski definition) is 2. The van der Waals surface area contributed by atoms with E-state index in [0.717, 1.165) is 12.8 Å². The highest BCUT2D eigenvalue weighted by molar-refractivity contribution is 5.94. The molecule has 0 radical (unpaired) electrons. The first-order valence-corrected chi connectivity index (χ1v) is 7.29. The number of nitrogens with one attached hydrogen (secondary N) is 2. The Kier molecular flexibility index (Phi) is 2.78. The highest BCUT2D eigenvalue weighted by Crippen LogP contribution is 2.31. The summed E-state index contributed by atoms with van der Waals surface area (Å²) in [5.41, 5.74) is 0.840. The second-order valence-electron chi connectivity index (χ2n) is 5.76. The Morgan fingerprint density at radius 2 is 1.91 bits per heavy atom. The summed E-state index contributed by atoms with van der Waals surface area (Å²) >= 11 is 0. The van der Waals surface area contributed by atoms with Gasteiger partial charge in [-0.2, -0.15) is 0 Å². The largest absolute Gasteiger partial charge is 0.325 e. The summed E-state index contributed by atoms with van der Waals surface area (Å²) in [5, 5.41) is 0. The Morgan fingerprint density at radius 1 is 1.14 bits per heavy atom. The molecule has 2 aromatic heterocycles. The maximum atomic E-state index is 12.5. The summed E-state index contributed by atoms with van der Waals surface area (Å²) in [5.74, 6) is 0.0816. The van der Waals surface area contributed by atoms with Gasteiger partial charge in [-0.05, 0) is 25.0 Å². The molecule has 22 heavy (non-hydrogen) atoms. The van der Waals surface area contributed by atoms with Crippen LogP contribution in [0.3, 0.4) is 0 Å². The molecular weight excluding hydrogens is 286 g/mol. The van der Waals surface area contributed by atoms with E-state index in [1.165, 1.54) is 0 Å². The molecule has 3 heterocycles. The van der Waals surface area contributed by atoms with Gasteiger partial charge in [0.15, 0.2) is 5.65 Å². The van der Waals surface area contributed by atoms with Crippen LogP contribution in [0.25, 0.3) is 11.2 Å². The second kappa shape index (κ2) is 4.69. The molecule has 0 aromatic carbocycles. The number of aromatic nitrogens is 3. The van der Waals surface area contributed by atoms with Crippen LogP contribution in [0.1, 0.15) is 23.3 Å². The summed E-state index contributed by atoms with van der Waals surface area (Å²) in [6.07, 6.45) is 1.92. The Hall–Kier alpha value is -2.64. The van der Waals surface area contributed by atoms with Crippen molar-refractivity contribution in [1.29, 1.82) is 0 Å². The maximum absolute atomic E-state index is 12.5. The molecule has 0 spiro atoms. The lowest BCUT2D eigenvalue weighted by Crippen LogP contribution is -2.35. The van der Waals surface area contributed by atoms with Crippen LogP contribution in [-0.4, -0.2) is 56.3 Å². The minimum Gasteiger partial charge on any atom is -0.323 e. The molecule has 114 valence electrons. The third kappa shape index (κ3) is 2.16. The lowest BCUT2D eigenvalue weighted by atomic mass is 10.3. The van der Waals surface area contributed by atoms with Crippen molar-refractivity contribution < 1.29 is 9.59 Å². The van der Waals surface area contributed by atoms with Crippen LogP contribution >= 0.6 is 0 Å². The van der Waals surface area contributed by atoms with Gasteiger partial charge in [0.2, 0.25) is 5.91 Å². The summed E-state index contributed by atoms with van der Waals surface area (Å²) in [4.78, 5) is 48.4. The monoisotopic (exact) mass is 301 g/mol. The van der Waals surface area contributed by atoms with Crippen LogP contribution in [0, 0.1) is 5.92 Å². The number of aromatic amines is 2. The molecule has 2 fully saturated rings. The van der Waals surface area contributed by atoms with Crippen molar-refractivity contribution in [2.75, 3.05) is 19.8 Å². The summed E-state index contributed by atoms with van der Waals surface area (Å²) in [6, 6.07) is 3.23. The van der Waals surface area contributed by atoms with Gasteiger partial charge in [0.25, 0.3) is 5.91 Å². The van der Waals surface area contributed by atoms with Gasteiger partial charge in [0, 0.05) is 19.0 Å². The number of carbonyl (C=O) groups excluding carboxylic acids is 2. The molecule has 8 nitrogen and oxygen atoms in total. The lowest BCUT2D eigenvalue weighted by molar-refractivity contribution is -0.131. The van der Waals surface area contributed by atoms with Gasteiger partial charge < -0.3 is 14.8 Å². The minimum atomic E-state index is -0.352. The van der Waals surface area contributed by atoms with E-state index < -0.39 is 0 Å². The normalized spacial score (nSPS) is 18.2. The number of H-pyrrole nitrogens is 2. The van der Waals surface area contributed by atoms with Crippen LogP contribution in [0.2, 0.25) is 0 Å². The molecule has 2 aromatic rings. The van der Waals surface area contributed by atoms with Gasteiger partial charge in [-0.3, -0.25) is 14.6 Å². The third-order valence-electron chi connectivity index (χ3n) is 4.10. The molecule has 4 rings (SSSR count). The van der Waals surface area contributed by atoms with E-state index in [9.17, 15) is 14.4 Å². The molecule has 1 saturated heterocycles. The van der Waals surface area contributed by atoms with Crippen molar-refractivity contribution >= 4 is 23.0 Å². The highest BCUT2D eigenvalue weighted by Gasteiger charge is 2.37. The molecular formula is C14H15N5O3. The first kappa shape index (κ1) is 13.1. The molecule has 2 aliphatic rings. The van der Waals surface area contributed by atoms with Gasteiger partial charge in [-0.1, -0.05) is 0 Å². The lowest BCUT2D eigenvalue weighted by Gasteiger charge is -2.18. The fraction of sp³-hybridized carbons (Fsp3) is 0.429. The van der Waals surface area contributed by atoms with E-state index in [1.807, 2.05) is 0 Å². The van der Waals surface area contributed by atoms with Gasteiger partial charge in [0.1, 0.15) is 5.69 Å². The maximum Gasteiger partial charge on any atom is 0.325 e. The van der Waals surface area contributed by atoms with E-state index >= 15 is 0 Å². The smallest absolute Gasteiger partial charge is 0.323 e. The summed E-state index contributed by atoms with van der Waals surface area (Å²) in [6.45, 7) is 1.41. The number of pyridine rings is 1. The van der Waals surface area contributed by atoms with Crippen LogP contribution < -0.4 is 5.69 Å². The minimum absolute atomic E-state index is 0.147. The van der Waals surface area contributed by atoms with Crippen molar-refractivity contribution in [2.45, 2.75) is 12.8 Å².